The molecule has 0 saturated carbocycles. The van der Waals surface area contributed by atoms with E-state index in [4.69, 9.17) is 43.6 Å². The first kappa shape index (κ1) is 36.2. The Morgan fingerprint density at radius 1 is 0.755 bits per heavy atom. The van der Waals surface area contributed by atoms with Crippen LogP contribution in [0.25, 0.3) is 22.3 Å². The molecule has 14 nitrogen and oxygen atoms in total. The van der Waals surface area contributed by atoms with Crippen LogP contribution in [0.5, 0.6) is 0 Å². The zero-order valence-corrected chi connectivity index (χ0v) is 29.5. The number of aromatic nitrogens is 5. The van der Waals surface area contributed by atoms with E-state index < -0.39 is 0 Å². The number of methoxy groups -OCH3 is 5. The van der Waals surface area contributed by atoms with Crippen LogP contribution >= 0.6 is 0 Å². The van der Waals surface area contributed by atoms with Gasteiger partial charge in [-0.05, 0) is 42.2 Å². The minimum absolute atomic E-state index is 0.214. The van der Waals surface area contributed by atoms with Crippen molar-refractivity contribution in [1.29, 1.82) is 0 Å². The minimum Gasteiger partial charge on any atom is -0.383 e. The van der Waals surface area contributed by atoms with Crippen molar-refractivity contribution in [1.82, 2.24) is 24.9 Å². The third kappa shape index (κ3) is 9.55. The van der Waals surface area contributed by atoms with Crippen molar-refractivity contribution in [2.24, 2.45) is 0 Å². The van der Waals surface area contributed by atoms with Gasteiger partial charge in [-0.25, -0.2) is 9.97 Å². The Balaban J connectivity index is 1.63. The summed E-state index contributed by atoms with van der Waals surface area (Å²) in [5.41, 5.74) is 4.62. The fraction of sp³-hybridized carbons (Fsp3) is 0.543. The van der Waals surface area contributed by atoms with Crippen molar-refractivity contribution in [3.05, 3.63) is 48.2 Å². The van der Waals surface area contributed by atoms with Crippen molar-refractivity contribution < 1.29 is 23.7 Å². The topological polar surface area (TPSA) is 135 Å². The van der Waals surface area contributed by atoms with Crippen molar-refractivity contribution >= 4 is 34.6 Å². The lowest BCUT2D eigenvalue weighted by Crippen LogP contribution is -2.38. The number of ether oxygens (including phenoxy) is 5. The summed E-state index contributed by atoms with van der Waals surface area (Å²) in [7, 11) is 8.56. The standard InChI is InChI=1S/C35H51N9O5/c1-45-20-16-43(17-21-46-2)34-39-31-30(32(40-34)37-25-26-8-6-9-27(24-26)29-10-7-13-36-29)38-35(44(18-22-47-3)19-23-48-4)41-33(31)42-14-11-28(49-5)12-15-42/h6-10,13,24,28,36H,11-12,14-23,25H2,1-5H3,(H,37,39,40). The first-order valence-corrected chi connectivity index (χ1v) is 16.9. The first-order valence-electron chi connectivity index (χ1n) is 16.9. The molecule has 4 heterocycles. The molecule has 266 valence electrons. The van der Waals surface area contributed by atoms with Gasteiger partial charge in [-0.15, -0.1) is 0 Å². The maximum atomic E-state index is 5.70. The van der Waals surface area contributed by atoms with E-state index in [-0.39, 0.29) is 6.10 Å². The molecule has 0 unspecified atom stereocenters. The van der Waals surface area contributed by atoms with Gasteiger partial charge in [-0.2, -0.15) is 9.97 Å². The number of aromatic amines is 1. The third-order valence-corrected chi connectivity index (χ3v) is 8.70. The van der Waals surface area contributed by atoms with Crippen LogP contribution in [0.2, 0.25) is 0 Å². The number of hydrogen-bond donors (Lipinski definition) is 2. The lowest BCUT2D eigenvalue weighted by Gasteiger charge is -2.33. The fourth-order valence-electron chi connectivity index (χ4n) is 5.88. The number of H-pyrrole nitrogens is 1. The van der Waals surface area contributed by atoms with Gasteiger partial charge in [0.2, 0.25) is 11.9 Å². The Hall–Kier alpha value is -4.08. The zero-order chi connectivity index (χ0) is 34.4. The van der Waals surface area contributed by atoms with E-state index in [0.29, 0.717) is 87.9 Å². The first-order chi connectivity index (χ1) is 24.1. The van der Waals surface area contributed by atoms with E-state index >= 15 is 0 Å². The summed E-state index contributed by atoms with van der Waals surface area (Å²) < 4.78 is 27.5. The molecule has 3 aromatic heterocycles. The molecular formula is C35H51N9O5. The van der Waals surface area contributed by atoms with Gasteiger partial charge >= 0.3 is 0 Å². The summed E-state index contributed by atoms with van der Waals surface area (Å²) in [6.07, 6.45) is 3.93. The van der Waals surface area contributed by atoms with E-state index in [1.54, 1.807) is 35.5 Å². The lowest BCUT2D eigenvalue weighted by molar-refractivity contribution is 0.0818. The summed E-state index contributed by atoms with van der Waals surface area (Å²) in [6, 6.07) is 12.5. The average molecular weight is 678 g/mol. The molecule has 49 heavy (non-hydrogen) atoms. The monoisotopic (exact) mass is 677 g/mol. The SMILES string of the molecule is COCCN(CCOC)c1nc(N2CCC(OC)CC2)c2nc(N(CCOC)CCOC)nc(NCc3cccc(-c4ccc[nH]4)c3)c2n1. The van der Waals surface area contributed by atoms with Crippen molar-refractivity contribution in [2.75, 3.05) is 121 Å². The minimum atomic E-state index is 0.214. The van der Waals surface area contributed by atoms with Crippen LogP contribution in [-0.2, 0) is 30.2 Å². The van der Waals surface area contributed by atoms with Crippen LogP contribution in [-0.4, -0.2) is 132 Å². The van der Waals surface area contributed by atoms with Crippen LogP contribution in [0.4, 0.5) is 23.5 Å². The highest BCUT2D eigenvalue weighted by atomic mass is 16.5. The Bertz CT molecular complexity index is 1550. The molecule has 2 N–H and O–H groups in total. The molecule has 5 rings (SSSR count). The van der Waals surface area contributed by atoms with Gasteiger partial charge in [0.05, 0.1) is 32.5 Å². The van der Waals surface area contributed by atoms with Gasteiger partial charge in [0, 0.05) is 93.3 Å². The Kier molecular flexibility index (Phi) is 13.8. The molecule has 1 saturated heterocycles. The van der Waals surface area contributed by atoms with E-state index in [2.05, 4.69) is 55.3 Å². The van der Waals surface area contributed by atoms with Crippen LogP contribution in [0.3, 0.4) is 0 Å². The number of benzene rings is 1. The van der Waals surface area contributed by atoms with E-state index in [1.165, 1.54) is 0 Å². The molecule has 0 spiro atoms. The maximum absolute atomic E-state index is 5.70. The quantitative estimate of drug-likeness (QED) is 0.140. The molecule has 0 aliphatic carbocycles. The summed E-state index contributed by atoms with van der Waals surface area (Å²) in [5, 5.41) is 3.64. The molecule has 0 amide bonds. The van der Waals surface area contributed by atoms with E-state index in [0.717, 1.165) is 48.6 Å². The second-order valence-electron chi connectivity index (χ2n) is 11.9. The normalized spacial score (nSPS) is 13.7. The number of hydrogen-bond acceptors (Lipinski definition) is 13. The van der Waals surface area contributed by atoms with Crippen molar-refractivity contribution in [3.63, 3.8) is 0 Å². The Labute approximate surface area is 289 Å². The highest BCUT2D eigenvalue weighted by molar-refractivity contribution is 5.95. The van der Waals surface area contributed by atoms with Gasteiger partial charge < -0.3 is 48.7 Å². The number of anilines is 4. The molecular weight excluding hydrogens is 626 g/mol. The summed E-state index contributed by atoms with van der Waals surface area (Å²) in [4.78, 5) is 30.4. The Morgan fingerprint density at radius 3 is 1.94 bits per heavy atom. The fourth-order valence-corrected chi connectivity index (χ4v) is 5.88. The second kappa shape index (κ2) is 18.6. The molecule has 0 radical (unpaired) electrons. The number of rotatable bonds is 20. The molecule has 4 aromatic rings. The van der Waals surface area contributed by atoms with Gasteiger partial charge in [-0.1, -0.05) is 18.2 Å². The van der Waals surface area contributed by atoms with Crippen molar-refractivity contribution in [2.45, 2.75) is 25.5 Å². The zero-order valence-electron chi connectivity index (χ0n) is 29.5. The van der Waals surface area contributed by atoms with E-state index in [9.17, 15) is 0 Å². The highest BCUT2D eigenvalue weighted by Gasteiger charge is 2.27. The second-order valence-corrected chi connectivity index (χ2v) is 11.9. The summed E-state index contributed by atoms with van der Waals surface area (Å²) in [5.74, 6) is 2.53. The molecule has 1 aromatic carbocycles. The molecule has 1 aliphatic rings. The van der Waals surface area contributed by atoms with Crippen LogP contribution < -0.4 is 20.0 Å². The van der Waals surface area contributed by atoms with Crippen molar-refractivity contribution in [3.8, 4) is 11.3 Å². The predicted molar refractivity (Wildman–Crippen MR) is 193 cm³/mol. The third-order valence-electron chi connectivity index (χ3n) is 8.70. The highest BCUT2D eigenvalue weighted by Crippen LogP contribution is 2.33. The van der Waals surface area contributed by atoms with Crippen LogP contribution in [0, 0.1) is 0 Å². The number of nitrogens with one attached hydrogen (secondary N) is 2. The van der Waals surface area contributed by atoms with Gasteiger partial charge in [0.25, 0.3) is 0 Å². The van der Waals surface area contributed by atoms with Crippen LogP contribution in [0.15, 0.2) is 42.6 Å². The molecule has 0 atom stereocenters. The summed E-state index contributed by atoms with van der Waals surface area (Å²) >= 11 is 0. The number of piperidine rings is 1. The molecule has 1 fully saturated rings. The maximum Gasteiger partial charge on any atom is 0.228 e. The van der Waals surface area contributed by atoms with Gasteiger partial charge in [-0.3, -0.25) is 0 Å². The number of nitrogens with zero attached hydrogens (tertiary/aromatic N) is 7. The van der Waals surface area contributed by atoms with E-state index in [1.807, 2.05) is 12.3 Å². The average Bonchev–Trinajstić information content (AvgIpc) is 3.69. The Morgan fingerprint density at radius 2 is 1.37 bits per heavy atom. The molecule has 0 bridgehead atoms. The van der Waals surface area contributed by atoms with Crippen LogP contribution in [0.1, 0.15) is 18.4 Å². The lowest BCUT2D eigenvalue weighted by atomic mass is 10.1. The molecule has 1 aliphatic heterocycles. The van der Waals surface area contributed by atoms with Gasteiger partial charge in [0.15, 0.2) is 11.6 Å². The van der Waals surface area contributed by atoms with Gasteiger partial charge in [0.1, 0.15) is 11.0 Å². The molecule has 14 heteroatoms. The smallest absolute Gasteiger partial charge is 0.228 e. The predicted octanol–water partition coefficient (Wildman–Crippen LogP) is 3.84. The largest absolute Gasteiger partial charge is 0.383 e. The number of fused-ring (bicyclic) bond motifs is 1. The summed E-state index contributed by atoms with van der Waals surface area (Å²) in [6.45, 7) is 6.56.